The average Bonchev–Trinajstić information content (AvgIpc) is 2.31. The predicted molar refractivity (Wildman–Crippen MR) is 67.7 cm³/mol. The number of nitrogens with zero attached hydrogens (tertiary/aromatic N) is 2. The zero-order valence-electron chi connectivity index (χ0n) is 10.4. The summed E-state index contributed by atoms with van der Waals surface area (Å²) in [5.41, 5.74) is 1.32. The summed E-state index contributed by atoms with van der Waals surface area (Å²) in [5, 5.41) is 11.1. The number of rotatable bonds is 4. The molecule has 1 aromatic rings. The van der Waals surface area contributed by atoms with E-state index in [4.69, 9.17) is 5.26 Å². The van der Waals surface area contributed by atoms with E-state index in [0.717, 1.165) is 5.56 Å². The van der Waals surface area contributed by atoms with Crippen LogP contribution in [0.25, 0.3) is 0 Å². The second-order valence-corrected chi connectivity index (χ2v) is 4.01. The lowest BCUT2D eigenvalue weighted by molar-refractivity contribution is -0.128. The van der Waals surface area contributed by atoms with Gasteiger partial charge < -0.3 is 10.2 Å². The van der Waals surface area contributed by atoms with Gasteiger partial charge in [-0.05, 0) is 11.6 Å². The van der Waals surface area contributed by atoms with Crippen molar-refractivity contribution in [3.63, 3.8) is 0 Å². The van der Waals surface area contributed by atoms with E-state index < -0.39 is 0 Å². The van der Waals surface area contributed by atoms with Crippen molar-refractivity contribution in [3.8, 4) is 6.07 Å². The number of nitrogens with one attached hydrogen (secondary N) is 1. The first-order valence-corrected chi connectivity index (χ1v) is 5.49. The van der Waals surface area contributed by atoms with Crippen LogP contribution in [0.1, 0.15) is 12.0 Å². The number of carbonyl (C=O) groups excluding carboxylic acids is 2. The third-order valence-corrected chi connectivity index (χ3v) is 2.37. The van der Waals surface area contributed by atoms with Gasteiger partial charge in [-0.15, -0.1) is 0 Å². The number of amides is 2. The molecule has 1 N–H and O–H groups in total. The monoisotopic (exact) mass is 245 g/mol. The first-order chi connectivity index (χ1) is 8.54. The molecule has 0 saturated carbocycles. The molecule has 0 saturated heterocycles. The van der Waals surface area contributed by atoms with Crippen LogP contribution >= 0.6 is 0 Å². The highest BCUT2D eigenvalue weighted by Gasteiger charge is 2.11. The van der Waals surface area contributed by atoms with Crippen LogP contribution in [0.15, 0.2) is 24.3 Å². The van der Waals surface area contributed by atoms with E-state index in [0.29, 0.717) is 5.69 Å². The van der Waals surface area contributed by atoms with Crippen molar-refractivity contribution in [1.29, 1.82) is 5.26 Å². The molecule has 0 spiro atoms. The van der Waals surface area contributed by atoms with Gasteiger partial charge in [0.05, 0.1) is 12.5 Å². The van der Waals surface area contributed by atoms with E-state index >= 15 is 0 Å². The maximum atomic E-state index is 11.6. The zero-order chi connectivity index (χ0) is 13.5. The molecule has 0 bridgehead atoms. The number of hydrogen-bond acceptors (Lipinski definition) is 3. The summed E-state index contributed by atoms with van der Waals surface area (Å²) in [6, 6.07) is 8.85. The van der Waals surface area contributed by atoms with Gasteiger partial charge in [0.25, 0.3) is 0 Å². The standard InChI is InChI=1S/C13H15N3O2/c1-16(2)13(18)9-10-5-3-4-6-11(10)15-12(17)7-8-14/h3-6H,7,9H2,1-2H3,(H,15,17). The second-order valence-electron chi connectivity index (χ2n) is 4.01. The lowest BCUT2D eigenvalue weighted by Crippen LogP contribution is -2.24. The Morgan fingerprint density at radius 1 is 1.33 bits per heavy atom. The van der Waals surface area contributed by atoms with E-state index in [1.165, 1.54) is 4.90 Å². The number of hydrogen-bond donors (Lipinski definition) is 1. The normalized spacial score (nSPS) is 9.39. The number of benzene rings is 1. The molecule has 5 nitrogen and oxygen atoms in total. The maximum Gasteiger partial charge on any atom is 0.238 e. The topological polar surface area (TPSA) is 73.2 Å². The lowest BCUT2D eigenvalue weighted by Gasteiger charge is -2.13. The molecule has 0 aliphatic heterocycles. The fraction of sp³-hybridized carbons (Fsp3) is 0.308. The van der Waals surface area contributed by atoms with Crippen molar-refractivity contribution in [2.45, 2.75) is 12.8 Å². The molecule has 2 amide bonds. The fourth-order valence-corrected chi connectivity index (χ4v) is 1.38. The Kier molecular flexibility index (Phi) is 4.88. The summed E-state index contributed by atoms with van der Waals surface area (Å²) in [6.07, 6.45) is 0.0198. The predicted octanol–water partition coefficient (Wildman–Crippen LogP) is 1.17. The summed E-state index contributed by atoms with van der Waals surface area (Å²) in [4.78, 5) is 24.5. The summed E-state index contributed by atoms with van der Waals surface area (Å²) in [5.74, 6) is -0.417. The minimum atomic E-state index is -0.373. The molecular weight excluding hydrogens is 230 g/mol. The molecule has 0 unspecified atom stereocenters. The molecule has 0 atom stereocenters. The molecule has 18 heavy (non-hydrogen) atoms. The van der Waals surface area contributed by atoms with Crippen LogP contribution in [0.2, 0.25) is 0 Å². The molecule has 1 rings (SSSR count). The molecule has 0 aromatic heterocycles. The smallest absolute Gasteiger partial charge is 0.238 e. The van der Waals surface area contributed by atoms with Crippen molar-refractivity contribution in [1.82, 2.24) is 4.90 Å². The zero-order valence-corrected chi connectivity index (χ0v) is 10.4. The Labute approximate surface area is 106 Å². The van der Waals surface area contributed by atoms with Gasteiger partial charge in [0.15, 0.2) is 0 Å². The maximum absolute atomic E-state index is 11.6. The highest BCUT2D eigenvalue weighted by molar-refractivity contribution is 5.93. The van der Waals surface area contributed by atoms with Gasteiger partial charge >= 0.3 is 0 Å². The second kappa shape index (κ2) is 6.40. The van der Waals surface area contributed by atoms with E-state index in [-0.39, 0.29) is 24.7 Å². The molecular formula is C13H15N3O2. The van der Waals surface area contributed by atoms with Crippen LogP contribution in [0, 0.1) is 11.3 Å². The Hall–Kier alpha value is -2.35. The third kappa shape index (κ3) is 3.91. The quantitative estimate of drug-likeness (QED) is 0.865. The van der Waals surface area contributed by atoms with Crippen LogP contribution in [0.3, 0.4) is 0 Å². The van der Waals surface area contributed by atoms with Crippen molar-refractivity contribution >= 4 is 17.5 Å². The minimum Gasteiger partial charge on any atom is -0.349 e. The first-order valence-electron chi connectivity index (χ1n) is 5.49. The molecule has 0 fully saturated rings. The van der Waals surface area contributed by atoms with E-state index in [1.807, 2.05) is 0 Å². The first kappa shape index (κ1) is 13.7. The van der Waals surface area contributed by atoms with Crippen molar-refractivity contribution in [2.75, 3.05) is 19.4 Å². The number of carbonyl (C=O) groups is 2. The van der Waals surface area contributed by atoms with Crippen LogP contribution in [-0.2, 0) is 16.0 Å². The molecule has 5 heteroatoms. The van der Waals surface area contributed by atoms with Gasteiger partial charge in [-0.1, -0.05) is 18.2 Å². The van der Waals surface area contributed by atoms with E-state index in [1.54, 1.807) is 44.4 Å². The molecule has 0 aliphatic rings. The summed E-state index contributed by atoms with van der Waals surface area (Å²) in [6.45, 7) is 0. The molecule has 0 heterocycles. The van der Waals surface area contributed by atoms with Gasteiger partial charge in [-0.2, -0.15) is 5.26 Å². The fourth-order valence-electron chi connectivity index (χ4n) is 1.38. The van der Waals surface area contributed by atoms with Gasteiger partial charge in [0.2, 0.25) is 11.8 Å². The molecule has 94 valence electrons. The Morgan fingerprint density at radius 2 is 2.00 bits per heavy atom. The number of anilines is 1. The van der Waals surface area contributed by atoms with Crippen LogP contribution in [-0.4, -0.2) is 30.8 Å². The number of para-hydroxylation sites is 1. The van der Waals surface area contributed by atoms with Crippen molar-refractivity contribution < 1.29 is 9.59 Å². The van der Waals surface area contributed by atoms with Gasteiger partial charge in [0, 0.05) is 19.8 Å². The summed E-state index contributed by atoms with van der Waals surface area (Å²) in [7, 11) is 3.36. The van der Waals surface area contributed by atoms with E-state index in [9.17, 15) is 9.59 Å². The summed E-state index contributed by atoms with van der Waals surface area (Å²) < 4.78 is 0. The Balaban J connectivity index is 2.83. The van der Waals surface area contributed by atoms with Gasteiger partial charge in [0.1, 0.15) is 6.42 Å². The highest BCUT2D eigenvalue weighted by atomic mass is 16.2. The number of likely N-dealkylation sites (N-methyl/N-ethyl adjacent to an activating group) is 1. The molecule has 0 radical (unpaired) electrons. The largest absolute Gasteiger partial charge is 0.349 e. The van der Waals surface area contributed by atoms with Crippen LogP contribution < -0.4 is 5.32 Å². The molecule has 1 aromatic carbocycles. The van der Waals surface area contributed by atoms with Crippen molar-refractivity contribution in [3.05, 3.63) is 29.8 Å². The lowest BCUT2D eigenvalue weighted by atomic mass is 10.1. The van der Waals surface area contributed by atoms with Crippen molar-refractivity contribution in [2.24, 2.45) is 0 Å². The number of nitriles is 1. The third-order valence-electron chi connectivity index (χ3n) is 2.37. The summed E-state index contributed by atoms with van der Waals surface area (Å²) >= 11 is 0. The average molecular weight is 245 g/mol. The minimum absolute atomic E-state index is 0.0445. The van der Waals surface area contributed by atoms with Crippen LogP contribution in [0.4, 0.5) is 5.69 Å². The Bertz CT molecular complexity index is 489. The van der Waals surface area contributed by atoms with E-state index in [2.05, 4.69) is 5.32 Å². The SMILES string of the molecule is CN(C)C(=O)Cc1ccccc1NC(=O)CC#N. The molecule has 0 aliphatic carbocycles. The van der Waals surface area contributed by atoms with Crippen LogP contribution in [0.5, 0.6) is 0 Å². The van der Waals surface area contributed by atoms with Gasteiger partial charge in [-0.3, -0.25) is 9.59 Å². The van der Waals surface area contributed by atoms with Gasteiger partial charge in [-0.25, -0.2) is 0 Å². The highest BCUT2D eigenvalue weighted by Crippen LogP contribution is 2.16. The Morgan fingerprint density at radius 3 is 2.61 bits per heavy atom.